The van der Waals surface area contributed by atoms with Gasteiger partial charge in [0.2, 0.25) is 0 Å². The molecule has 0 aliphatic heterocycles. The molecular formula is C31H39F4N3O. The van der Waals surface area contributed by atoms with Gasteiger partial charge in [0.15, 0.2) is 5.82 Å². The van der Waals surface area contributed by atoms with Crippen molar-refractivity contribution in [1.82, 2.24) is 9.97 Å². The summed E-state index contributed by atoms with van der Waals surface area (Å²) in [6.45, 7) is 16.6. The highest BCUT2D eigenvalue weighted by Crippen LogP contribution is 2.32. The number of alkyl halides is 3. The average molecular weight is 546 g/mol. The summed E-state index contributed by atoms with van der Waals surface area (Å²) in [5.41, 5.74) is 3.41. The van der Waals surface area contributed by atoms with Crippen LogP contribution in [0.25, 0.3) is 17.0 Å². The number of aromatic nitrogens is 2. The van der Waals surface area contributed by atoms with Gasteiger partial charge in [-0.05, 0) is 79.3 Å². The topological polar surface area (TPSA) is 47.0 Å². The Labute approximate surface area is 229 Å². The largest absolute Gasteiger partial charge is 0.573 e. The van der Waals surface area contributed by atoms with Crippen LogP contribution in [0.5, 0.6) is 5.75 Å². The fourth-order valence-electron chi connectivity index (χ4n) is 3.84. The van der Waals surface area contributed by atoms with Gasteiger partial charge in [0.05, 0.1) is 5.69 Å². The van der Waals surface area contributed by atoms with E-state index in [4.69, 9.17) is 0 Å². The molecule has 1 N–H and O–H groups in total. The summed E-state index contributed by atoms with van der Waals surface area (Å²) < 4.78 is 54.3. The fourth-order valence-corrected chi connectivity index (χ4v) is 3.84. The van der Waals surface area contributed by atoms with Gasteiger partial charge in [-0.2, -0.15) is 0 Å². The van der Waals surface area contributed by atoms with Gasteiger partial charge in [0.1, 0.15) is 17.4 Å². The van der Waals surface area contributed by atoms with Crippen LogP contribution in [0.1, 0.15) is 71.6 Å². The van der Waals surface area contributed by atoms with Gasteiger partial charge in [-0.3, -0.25) is 0 Å². The van der Waals surface area contributed by atoms with E-state index >= 15 is 0 Å². The standard InChI is InChI=1S/C23H21F4N3O.C6H12.C2H6/c1-4-5-14(2)20-15(3)21(30-22(29-20)16-6-8-17(24)9-7-16)28-18-10-12-19(13-11-18)31-23(25,26)27;1-5-3-4-6(5)2;1-2/h6-13H,2,4-5H2,1,3H3,(H,28,29,30);5-6H,3-4H2,1-2H3;1-2H3/t;5-,6?;/m.1./s1. The molecule has 2 aromatic carbocycles. The van der Waals surface area contributed by atoms with Crippen molar-refractivity contribution in [2.75, 3.05) is 5.32 Å². The van der Waals surface area contributed by atoms with E-state index in [1.165, 1.54) is 49.2 Å². The van der Waals surface area contributed by atoms with Gasteiger partial charge in [-0.15, -0.1) is 13.2 Å². The number of nitrogens with zero attached hydrogens (tertiary/aromatic N) is 2. The summed E-state index contributed by atoms with van der Waals surface area (Å²) in [6, 6.07) is 11.2. The third-order valence-corrected chi connectivity index (χ3v) is 6.53. The van der Waals surface area contributed by atoms with Crippen LogP contribution in [0.2, 0.25) is 0 Å². The molecule has 8 heteroatoms. The maximum Gasteiger partial charge on any atom is 0.573 e. The van der Waals surface area contributed by atoms with Crippen LogP contribution in [0.15, 0.2) is 55.1 Å². The molecule has 212 valence electrons. The molecule has 0 radical (unpaired) electrons. The number of benzene rings is 2. The smallest absolute Gasteiger partial charge is 0.406 e. The predicted molar refractivity (Wildman–Crippen MR) is 151 cm³/mol. The molecule has 4 nitrogen and oxygen atoms in total. The lowest BCUT2D eigenvalue weighted by Crippen LogP contribution is -2.18. The molecule has 1 aliphatic carbocycles. The number of anilines is 2. The number of allylic oxidation sites excluding steroid dienone is 1. The van der Waals surface area contributed by atoms with E-state index in [9.17, 15) is 17.6 Å². The lowest BCUT2D eigenvalue weighted by Gasteiger charge is -2.29. The number of rotatable bonds is 7. The lowest BCUT2D eigenvalue weighted by atomic mass is 9.77. The van der Waals surface area contributed by atoms with E-state index in [0.717, 1.165) is 35.8 Å². The first-order valence-corrected chi connectivity index (χ1v) is 13.4. The zero-order valence-corrected chi connectivity index (χ0v) is 23.6. The summed E-state index contributed by atoms with van der Waals surface area (Å²) >= 11 is 0. The van der Waals surface area contributed by atoms with Gasteiger partial charge in [0, 0.05) is 16.8 Å². The molecule has 0 bridgehead atoms. The molecule has 4 rings (SSSR count). The molecule has 3 aromatic rings. The van der Waals surface area contributed by atoms with Crippen molar-refractivity contribution >= 4 is 17.1 Å². The van der Waals surface area contributed by atoms with E-state index in [1.807, 2.05) is 27.7 Å². The molecule has 1 unspecified atom stereocenters. The summed E-state index contributed by atoms with van der Waals surface area (Å²) in [5, 5.41) is 3.12. The van der Waals surface area contributed by atoms with Crippen LogP contribution in [0.3, 0.4) is 0 Å². The summed E-state index contributed by atoms with van der Waals surface area (Å²) in [6.07, 6.45) is -0.180. The van der Waals surface area contributed by atoms with E-state index in [0.29, 0.717) is 28.6 Å². The van der Waals surface area contributed by atoms with E-state index in [1.54, 1.807) is 12.1 Å². The van der Waals surface area contributed by atoms with Gasteiger partial charge in [-0.1, -0.05) is 60.5 Å². The lowest BCUT2D eigenvalue weighted by molar-refractivity contribution is -0.274. The third kappa shape index (κ3) is 9.68. The molecule has 1 fully saturated rings. The van der Waals surface area contributed by atoms with Crippen LogP contribution in [0.4, 0.5) is 29.1 Å². The van der Waals surface area contributed by atoms with Gasteiger partial charge < -0.3 is 10.1 Å². The Morgan fingerprint density at radius 3 is 2.00 bits per heavy atom. The third-order valence-electron chi connectivity index (χ3n) is 6.53. The van der Waals surface area contributed by atoms with Crippen molar-refractivity contribution in [3.63, 3.8) is 0 Å². The Kier molecular flexibility index (Phi) is 11.9. The Morgan fingerprint density at radius 2 is 1.54 bits per heavy atom. The highest BCUT2D eigenvalue weighted by atomic mass is 19.4. The van der Waals surface area contributed by atoms with Crippen LogP contribution in [0, 0.1) is 24.6 Å². The number of hydrogen-bond donors (Lipinski definition) is 1. The van der Waals surface area contributed by atoms with E-state index in [2.05, 4.69) is 40.4 Å². The van der Waals surface area contributed by atoms with Crippen molar-refractivity contribution < 1.29 is 22.3 Å². The minimum Gasteiger partial charge on any atom is -0.406 e. The van der Waals surface area contributed by atoms with Gasteiger partial charge >= 0.3 is 6.36 Å². The van der Waals surface area contributed by atoms with Crippen LogP contribution in [-0.4, -0.2) is 16.3 Å². The average Bonchev–Trinajstić information content (AvgIpc) is 2.91. The van der Waals surface area contributed by atoms with Crippen molar-refractivity contribution in [1.29, 1.82) is 0 Å². The fraction of sp³-hybridized carbons (Fsp3) is 0.419. The molecule has 2 atom stereocenters. The molecule has 1 saturated carbocycles. The van der Waals surface area contributed by atoms with E-state index in [-0.39, 0.29) is 11.6 Å². The van der Waals surface area contributed by atoms with Crippen molar-refractivity contribution in [2.24, 2.45) is 11.8 Å². The van der Waals surface area contributed by atoms with Gasteiger partial charge in [-0.25, -0.2) is 14.4 Å². The van der Waals surface area contributed by atoms with Crippen molar-refractivity contribution in [3.05, 3.63) is 72.2 Å². The van der Waals surface area contributed by atoms with Crippen LogP contribution < -0.4 is 10.1 Å². The summed E-state index contributed by atoms with van der Waals surface area (Å²) in [7, 11) is 0. The minimum atomic E-state index is -4.75. The number of hydrogen-bond acceptors (Lipinski definition) is 4. The summed E-state index contributed by atoms with van der Waals surface area (Å²) in [5.74, 6) is 2.24. The first-order chi connectivity index (χ1) is 18.5. The Morgan fingerprint density at radius 1 is 0.974 bits per heavy atom. The molecule has 0 saturated heterocycles. The normalized spacial score (nSPS) is 16.1. The first kappa shape index (κ1) is 31.8. The quantitative estimate of drug-likeness (QED) is 0.300. The molecule has 1 aliphatic rings. The van der Waals surface area contributed by atoms with Gasteiger partial charge in [0.25, 0.3) is 0 Å². The maximum atomic E-state index is 13.3. The van der Waals surface area contributed by atoms with Crippen LogP contribution >= 0.6 is 0 Å². The zero-order valence-electron chi connectivity index (χ0n) is 23.6. The molecular weight excluding hydrogens is 506 g/mol. The monoisotopic (exact) mass is 545 g/mol. The second-order valence-corrected chi connectivity index (χ2v) is 9.46. The Balaban J connectivity index is 0.000000578. The second kappa shape index (κ2) is 14.7. The molecule has 0 amide bonds. The van der Waals surface area contributed by atoms with Crippen molar-refractivity contribution in [2.45, 2.75) is 73.6 Å². The minimum absolute atomic E-state index is 0.318. The number of halogens is 4. The van der Waals surface area contributed by atoms with E-state index < -0.39 is 6.36 Å². The predicted octanol–water partition coefficient (Wildman–Crippen LogP) is 10.1. The first-order valence-electron chi connectivity index (χ1n) is 13.4. The van der Waals surface area contributed by atoms with Crippen LogP contribution in [-0.2, 0) is 0 Å². The Bertz CT molecular complexity index is 1180. The highest BCUT2D eigenvalue weighted by molar-refractivity contribution is 5.73. The summed E-state index contributed by atoms with van der Waals surface area (Å²) in [4.78, 5) is 9.18. The molecule has 1 heterocycles. The SMILES string of the molecule is C=C(CCC)c1nc(-c2ccc(F)cc2)nc(Nc2ccc(OC(F)(F)F)cc2)c1C.CC.CC1CC[C@H]1C. The highest BCUT2D eigenvalue weighted by Gasteiger charge is 2.31. The zero-order chi connectivity index (χ0) is 29.2. The number of nitrogens with one attached hydrogen (secondary N) is 1. The molecule has 0 spiro atoms. The second-order valence-electron chi connectivity index (χ2n) is 9.46. The maximum absolute atomic E-state index is 13.3. The number of ether oxygens (including phenoxy) is 1. The molecule has 1 aromatic heterocycles. The molecule has 39 heavy (non-hydrogen) atoms. The Hall–Kier alpha value is -3.42. The van der Waals surface area contributed by atoms with Crippen molar-refractivity contribution in [3.8, 4) is 17.1 Å².